The standard InChI is InChI=1S/C23H21N3O3S2/c1-16(22-24-20-10-6-7-11-21(20)30-22)26(2)23(27)17-12-14-19(15-13-17)31(28,29)25-18-8-4-3-5-9-18/h3-16,25H,1-2H3/t16-/m1/s1. The Morgan fingerprint density at radius 1 is 0.968 bits per heavy atom. The van der Waals surface area contributed by atoms with Gasteiger partial charge in [0.25, 0.3) is 15.9 Å². The predicted molar refractivity (Wildman–Crippen MR) is 124 cm³/mol. The number of carbonyl (C=O) groups excluding carboxylic acids is 1. The Labute approximate surface area is 185 Å². The molecule has 31 heavy (non-hydrogen) atoms. The molecule has 3 aromatic carbocycles. The topological polar surface area (TPSA) is 79.4 Å². The third-order valence-corrected chi connectivity index (χ3v) is 7.61. The molecule has 0 unspecified atom stereocenters. The van der Waals surface area contributed by atoms with Crippen molar-refractivity contribution in [2.75, 3.05) is 11.8 Å². The molecule has 0 saturated heterocycles. The summed E-state index contributed by atoms with van der Waals surface area (Å²) < 4.78 is 28.8. The molecule has 1 aromatic heterocycles. The Bertz CT molecular complexity index is 1280. The Morgan fingerprint density at radius 2 is 1.61 bits per heavy atom. The number of thiazole rings is 1. The minimum absolute atomic E-state index is 0.0924. The average Bonchev–Trinajstić information content (AvgIpc) is 3.22. The van der Waals surface area contributed by atoms with Gasteiger partial charge in [0.05, 0.1) is 21.2 Å². The summed E-state index contributed by atoms with van der Waals surface area (Å²) in [6.07, 6.45) is 0. The highest BCUT2D eigenvalue weighted by atomic mass is 32.2. The number of carbonyl (C=O) groups is 1. The fourth-order valence-corrected chi connectivity index (χ4v) is 5.23. The van der Waals surface area contributed by atoms with E-state index in [1.54, 1.807) is 47.5 Å². The van der Waals surface area contributed by atoms with Gasteiger partial charge in [-0.05, 0) is 55.5 Å². The molecule has 4 aromatic rings. The van der Waals surface area contributed by atoms with E-state index in [1.807, 2.05) is 37.3 Å². The predicted octanol–water partition coefficient (Wildman–Crippen LogP) is 4.93. The van der Waals surface area contributed by atoms with Gasteiger partial charge in [0.2, 0.25) is 0 Å². The molecule has 8 heteroatoms. The van der Waals surface area contributed by atoms with E-state index in [2.05, 4.69) is 9.71 Å². The molecule has 1 N–H and O–H groups in total. The molecule has 1 atom stereocenters. The second kappa shape index (κ2) is 8.49. The normalized spacial score (nSPS) is 12.5. The highest BCUT2D eigenvalue weighted by molar-refractivity contribution is 7.92. The first-order valence-electron chi connectivity index (χ1n) is 9.66. The Hall–Kier alpha value is -3.23. The van der Waals surface area contributed by atoms with Crippen LogP contribution in [0.25, 0.3) is 10.2 Å². The van der Waals surface area contributed by atoms with Crippen molar-refractivity contribution in [3.8, 4) is 0 Å². The molecule has 0 bridgehead atoms. The Balaban J connectivity index is 1.50. The number of nitrogens with zero attached hydrogens (tertiary/aromatic N) is 2. The first-order valence-corrected chi connectivity index (χ1v) is 12.0. The van der Waals surface area contributed by atoms with E-state index in [0.29, 0.717) is 11.3 Å². The van der Waals surface area contributed by atoms with Gasteiger partial charge in [0.1, 0.15) is 5.01 Å². The van der Waals surface area contributed by atoms with E-state index in [9.17, 15) is 13.2 Å². The summed E-state index contributed by atoms with van der Waals surface area (Å²) in [6.45, 7) is 1.93. The highest BCUT2D eigenvalue weighted by Crippen LogP contribution is 2.29. The molecule has 158 valence electrons. The van der Waals surface area contributed by atoms with Crippen LogP contribution in [0.3, 0.4) is 0 Å². The van der Waals surface area contributed by atoms with Gasteiger partial charge < -0.3 is 4.90 Å². The summed E-state index contributed by atoms with van der Waals surface area (Å²) in [5.41, 5.74) is 1.80. The van der Waals surface area contributed by atoms with E-state index < -0.39 is 10.0 Å². The second-order valence-electron chi connectivity index (χ2n) is 7.11. The molecule has 0 fully saturated rings. The zero-order valence-electron chi connectivity index (χ0n) is 17.0. The lowest BCUT2D eigenvalue weighted by molar-refractivity contribution is 0.0742. The maximum Gasteiger partial charge on any atom is 0.261 e. The van der Waals surface area contributed by atoms with E-state index in [-0.39, 0.29) is 16.8 Å². The minimum Gasteiger partial charge on any atom is -0.333 e. The van der Waals surface area contributed by atoms with Crippen LogP contribution in [0.4, 0.5) is 5.69 Å². The number of amides is 1. The van der Waals surface area contributed by atoms with Gasteiger partial charge in [-0.15, -0.1) is 11.3 Å². The van der Waals surface area contributed by atoms with Crippen molar-refractivity contribution in [3.05, 3.63) is 89.4 Å². The maximum absolute atomic E-state index is 13.0. The number of hydrogen-bond donors (Lipinski definition) is 1. The van der Waals surface area contributed by atoms with Gasteiger partial charge in [-0.25, -0.2) is 13.4 Å². The summed E-state index contributed by atoms with van der Waals surface area (Å²) in [6, 6.07) is 22.2. The van der Waals surface area contributed by atoms with Gasteiger partial charge in [-0.3, -0.25) is 9.52 Å². The van der Waals surface area contributed by atoms with Crippen LogP contribution in [0.5, 0.6) is 0 Å². The van der Waals surface area contributed by atoms with Crippen LogP contribution < -0.4 is 4.72 Å². The molecule has 6 nitrogen and oxygen atoms in total. The van der Waals surface area contributed by atoms with Crippen LogP contribution in [0.1, 0.15) is 28.3 Å². The van der Waals surface area contributed by atoms with Crippen molar-refractivity contribution in [2.45, 2.75) is 17.9 Å². The maximum atomic E-state index is 13.0. The van der Waals surface area contributed by atoms with E-state index in [0.717, 1.165) is 15.2 Å². The van der Waals surface area contributed by atoms with Crippen LogP contribution in [0.15, 0.2) is 83.8 Å². The van der Waals surface area contributed by atoms with Gasteiger partial charge in [-0.2, -0.15) is 0 Å². The highest BCUT2D eigenvalue weighted by Gasteiger charge is 2.22. The molecule has 0 aliphatic rings. The third kappa shape index (κ3) is 4.45. The van der Waals surface area contributed by atoms with E-state index in [4.69, 9.17) is 0 Å². The van der Waals surface area contributed by atoms with E-state index in [1.165, 1.54) is 24.3 Å². The van der Waals surface area contributed by atoms with Gasteiger partial charge in [0, 0.05) is 18.3 Å². The lowest BCUT2D eigenvalue weighted by Crippen LogP contribution is -2.29. The number of benzene rings is 3. The third-order valence-electron chi connectivity index (χ3n) is 5.01. The number of para-hydroxylation sites is 2. The van der Waals surface area contributed by atoms with Crippen molar-refractivity contribution in [1.82, 2.24) is 9.88 Å². The molecule has 0 spiro atoms. The first-order chi connectivity index (χ1) is 14.8. The molecule has 4 rings (SSSR count). The zero-order chi connectivity index (χ0) is 22.0. The van der Waals surface area contributed by atoms with Crippen LogP contribution in [-0.4, -0.2) is 31.3 Å². The summed E-state index contributed by atoms with van der Waals surface area (Å²) in [5, 5.41) is 0.850. The zero-order valence-corrected chi connectivity index (χ0v) is 18.7. The molecule has 1 amide bonds. The summed E-state index contributed by atoms with van der Waals surface area (Å²) in [5.74, 6) is -0.202. The average molecular weight is 452 g/mol. The second-order valence-corrected chi connectivity index (χ2v) is 9.85. The van der Waals surface area contributed by atoms with Crippen molar-refractivity contribution < 1.29 is 13.2 Å². The van der Waals surface area contributed by atoms with Crippen molar-refractivity contribution >= 4 is 43.2 Å². The molecule has 0 saturated carbocycles. The SMILES string of the molecule is C[C@H](c1nc2ccccc2s1)N(C)C(=O)c1ccc(S(=O)(=O)Nc2ccccc2)cc1. The molecular weight excluding hydrogens is 430 g/mol. The first kappa shape index (κ1) is 21.0. The molecule has 0 aliphatic carbocycles. The lowest BCUT2D eigenvalue weighted by atomic mass is 10.2. The smallest absolute Gasteiger partial charge is 0.261 e. The number of fused-ring (bicyclic) bond motifs is 1. The van der Waals surface area contributed by atoms with Gasteiger partial charge in [0.15, 0.2) is 0 Å². The fraction of sp³-hybridized carbons (Fsp3) is 0.130. The summed E-state index contributed by atoms with van der Waals surface area (Å²) >= 11 is 1.56. The lowest BCUT2D eigenvalue weighted by Gasteiger charge is -2.23. The Morgan fingerprint density at radius 3 is 2.29 bits per heavy atom. The molecule has 0 aliphatic heterocycles. The number of sulfonamides is 1. The van der Waals surface area contributed by atoms with Crippen LogP contribution >= 0.6 is 11.3 Å². The summed E-state index contributed by atoms with van der Waals surface area (Å²) in [7, 11) is -2.01. The molecular formula is C23H21N3O3S2. The van der Waals surface area contributed by atoms with Crippen LogP contribution in [0.2, 0.25) is 0 Å². The van der Waals surface area contributed by atoms with Gasteiger partial charge in [-0.1, -0.05) is 30.3 Å². The van der Waals surface area contributed by atoms with E-state index >= 15 is 0 Å². The number of anilines is 1. The molecule has 0 radical (unpaired) electrons. The monoisotopic (exact) mass is 451 g/mol. The van der Waals surface area contributed by atoms with Gasteiger partial charge >= 0.3 is 0 Å². The largest absolute Gasteiger partial charge is 0.333 e. The van der Waals surface area contributed by atoms with Crippen LogP contribution in [0, 0.1) is 0 Å². The number of aromatic nitrogens is 1. The Kier molecular flexibility index (Phi) is 5.75. The van der Waals surface area contributed by atoms with Crippen molar-refractivity contribution in [3.63, 3.8) is 0 Å². The number of rotatable bonds is 6. The van der Waals surface area contributed by atoms with Crippen molar-refractivity contribution in [2.24, 2.45) is 0 Å². The minimum atomic E-state index is -3.73. The molecule has 1 heterocycles. The quantitative estimate of drug-likeness (QED) is 0.451. The number of hydrogen-bond acceptors (Lipinski definition) is 5. The summed E-state index contributed by atoms with van der Waals surface area (Å²) in [4.78, 5) is 19.3. The van der Waals surface area contributed by atoms with Crippen LogP contribution in [-0.2, 0) is 10.0 Å². The van der Waals surface area contributed by atoms with Crippen molar-refractivity contribution in [1.29, 1.82) is 0 Å². The number of nitrogens with one attached hydrogen (secondary N) is 1. The fourth-order valence-electron chi connectivity index (χ4n) is 3.11.